The van der Waals surface area contributed by atoms with E-state index in [9.17, 15) is 9.59 Å². The van der Waals surface area contributed by atoms with Gasteiger partial charge in [-0.15, -0.1) is 0 Å². The fourth-order valence-corrected chi connectivity index (χ4v) is 3.32. The quantitative estimate of drug-likeness (QED) is 0.512. The summed E-state index contributed by atoms with van der Waals surface area (Å²) < 4.78 is 15.8. The van der Waals surface area contributed by atoms with Crippen molar-refractivity contribution in [2.45, 2.75) is 33.9 Å². The summed E-state index contributed by atoms with van der Waals surface area (Å²) in [5, 5.41) is 2.90. The highest BCUT2D eigenvalue weighted by atomic mass is 16.5. The summed E-state index contributed by atoms with van der Waals surface area (Å²) in [6.45, 7) is 6.31. The standard InChI is InChI=1S/C23H27N3O5/c1-5-30-22(27)21-15(2)20(16(3)24-21)14-26(13-19-10-7-11-31-19)23(28)25-17-8-6-9-18(12-17)29-4/h6-12,24H,5,13-14H2,1-4H3,(H,25,28). The van der Waals surface area contributed by atoms with Gasteiger partial charge in [-0.25, -0.2) is 9.59 Å². The number of carbonyl (C=O) groups is 2. The topological polar surface area (TPSA) is 96.8 Å². The highest BCUT2D eigenvalue weighted by Crippen LogP contribution is 2.23. The van der Waals surface area contributed by atoms with Crippen molar-refractivity contribution in [3.05, 3.63) is 70.9 Å². The Morgan fingerprint density at radius 2 is 1.97 bits per heavy atom. The van der Waals surface area contributed by atoms with Crippen LogP contribution in [0.2, 0.25) is 0 Å². The lowest BCUT2D eigenvalue weighted by Crippen LogP contribution is -2.34. The Morgan fingerprint density at radius 3 is 2.65 bits per heavy atom. The summed E-state index contributed by atoms with van der Waals surface area (Å²) in [5.74, 6) is 0.886. The lowest BCUT2D eigenvalue weighted by molar-refractivity contribution is 0.0519. The summed E-state index contributed by atoms with van der Waals surface area (Å²) >= 11 is 0. The van der Waals surface area contributed by atoms with Gasteiger partial charge in [0.1, 0.15) is 17.2 Å². The molecule has 8 nitrogen and oxygen atoms in total. The van der Waals surface area contributed by atoms with Crippen molar-refractivity contribution in [3.63, 3.8) is 0 Å². The maximum Gasteiger partial charge on any atom is 0.355 e. The summed E-state index contributed by atoms with van der Waals surface area (Å²) in [6, 6.07) is 10.4. The van der Waals surface area contributed by atoms with Crippen molar-refractivity contribution < 1.29 is 23.5 Å². The average Bonchev–Trinajstić information content (AvgIpc) is 3.36. The Hall–Kier alpha value is -3.68. The summed E-state index contributed by atoms with van der Waals surface area (Å²) in [7, 11) is 1.57. The molecule has 2 heterocycles. The molecule has 2 aromatic heterocycles. The molecular weight excluding hydrogens is 398 g/mol. The molecule has 0 unspecified atom stereocenters. The van der Waals surface area contributed by atoms with E-state index in [4.69, 9.17) is 13.9 Å². The first-order chi connectivity index (χ1) is 14.9. The molecule has 0 saturated heterocycles. The van der Waals surface area contributed by atoms with E-state index >= 15 is 0 Å². The maximum atomic E-state index is 13.1. The molecule has 0 radical (unpaired) electrons. The SMILES string of the molecule is CCOC(=O)c1[nH]c(C)c(CN(Cc2ccco2)C(=O)Nc2cccc(OC)c2)c1C. The molecule has 3 aromatic rings. The van der Waals surface area contributed by atoms with Gasteiger partial charge in [-0.05, 0) is 56.2 Å². The first-order valence-electron chi connectivity index (χ1n) is 10.0. The third-order valence-corrected chi connectivity index (χ3v) is 4.96. The Labute approximate surface area is 181 Å². The van der Waals surface area contributed by atoms with Gasteiger partial charge in [-0.2, -0.15) is 0 Å². The summed E-state index contributed by atoms with van der Waals surface area (Å²) in [4.78, 5) is 30.1. The number of esters is 1. The lowest BCUT2D eigenvalue weighted by Gasteiger charge is -2.23. The van der Waals surface area contributed by atoms with Crippen molar-refractivity contribution in [1.29, 1.82) is 0 Å². The Morgan fingerprint density at radius 1 is 1.16 bits per heavy atom. The number of hydrogen-bond donors (Lipinski definition) is 2. The van der Waals surface area contributed by atoms with Gasteiger partial charge >= 0.3 is 12.0 Å². The van der Waals surface area contributed by atoms with E-state index in [1.807, 2.05) is 19.9 Å². The van der Waals surface area contributed by atoms with Gasteiger partial charge in [0, 0.05) is 24.0 Å². The number of nitrogens with zero attached hydrogens (tertiary/aromatic N) is 1. The third-order valence-electron chi connectivity index (χ3n) is 4.96. The maximum absolute atomic E-state index is 13.1. The number of aromatic amines is 1. The molecule has 0 fully saturated rings. The van der Waals surface area contributed by atoms with Crippen LogP contribution in [0.1, 0.15) is 40.0 Å². The van der Waals surface area contributed by atoms with Gasteiger partial charge < -0.3 is 29.1 Å². The normalized spacial score (nSPS) is 10.6. The molecule has 0 spiro atoms. The zero-order chi connectivity index (χ0) is 22.4. The third kappa shape index (κ3) is 5.28. The van der Waals surface area contributed by atoms with Gasteiger partial charge in [0.15, 0.2) is 0 Å². The van der Waals surface area contributed by atoms with Gasteiger partial charge in [-0.1, -0.05) is 6.07 Å². The van der Waals surface area contributed by atoms with E-state index in [2.05, 4.69) is 10.3 Å². The average molecular weight is 425 g/mol. The van der Waals surface area contributed by atoms with Crippen LogP contribution in [0.5, 0.6) is 5.75 Å². The molecule has 8 heteroatoms. The number of rotatable bonds is 8. The first kappa shape index (κ1) is 22.0. The molecule has 0 aliphatic rings. The predicted octanol–water partition coefficient (Wildman–Crippen LogP) is 4.64. The number of carbonyl (C=O) groups excluding carboxylic acids is 2. The van der Waals surface area contributed by atoms with E-state index in [1.54, 1.807) is 55.5 Å². The van der Waals surface area contributed by atoms with Crippen LogP contribution in [0.15, 0.2) is 47.1 Å². The van der Waals surface area contributed by atoms with Crippen molar-refractivity contribution >= 4 is 17.7 Å². The minimum atomic E-state index is -0.409. The highest BCUT2D eigenvalue weighted by molar-refractivity contribution is 5.91. The number of benzene rings is 1. The van der Waals surface area contributed by atoms with E-state index in [0.29, 0.717) is 29.5 Å². The molecule has 0 aliphatic carbocycles. The van der Waals surface area contributed by atoms with E-state index in [-0.39, 0.29) is 19.1 Å². The predicted molar refractivity (Wildman–Crippen MR) is 116 cm³/mol. The van der Waals surface area contributed by atoms with E-state index < -0.39 is 5.97 Å². The number of methoxy groups -OCH3 is 1. The molecular formula is C23H27N3O5. The van der Waals surface area contributed by atoms with Crippen molar-refractivity contribution in [2.75, 3.05) is 19.0 Å². The number of hydrogen-bond acceptors (Lipinski definition) is 5. The van der Waals surface area contributed by atoms with Crippen LogP contribution >= 0.6 is 0 Å². The highest BCUT2D eigenvalue weighted by Gasteiger charge is 2.23. The van der Waals surface area contributed by atoms with Gasteiger partial charge in [0.2, 0.25) is 0 Å². The minimum absolute atomic E-state index is 0.265. The zero-order valence-electron chi connectivity index (χ0n) is 18.2. The number of amides is 2. The molecule has 2 amide bonds. The number of nitrogens with one attached hydrogen (secondary N) is 2. The van der Waals surface area contributed by atoms with Gasteiger partial charge in [-0.3, -0.25) is 0 Å². The molecule has 164 valence electrons. The van der Waals surface area contributed by atoms with Gasteiger partial charge in [0.25, 0.3) is 0 Å². The Balaban J connectivity index is 1.86. The molecule has 0 atom stereocenters. The minimum Gasteiger partial charge on any atom is -0.497 e. The molecule has 2 N–H and O–H groups in total. The molecule has 0 aliphatic heterocycles. The molecule has 0 bridgehead atoms. The number of ether oxygens (including phenoxy) is 2. The molecule has 0 saturated carbocycles. The Kier molecular flexibility index (Phi) is 7.02. The molecule has 1 aromatic carbocycles. The van der Waals surface area contributed by atoms with Crippen LogP contribution in [0.4, 0.5) is 10.5 Å². The van der Waals surface area contributed by atoms with Gasteiger partial charge in [0.05, 0.1) is 26.5 Å². The van der Waals surface area contributed by atoms with Crippen LogP contribution < -0.4 is 10.1 Å². The second-order valence-corrected chi connectivity index (χ2v) is 7.05. The summed E-state index contributed by atoms with van der Waals surface area (Å²) in [5.41, 5.74) is 3.44. The number of anilines is 1. The number of furan rings is 1. The lowest BCUT2D eigenvalue weighted by atomic mass is 10.1. The van der Waals surface area contributed by atoms with Crippen molar-refractivity contribution in [3.8, 4) is 5.75 Å². The van der Waals surface area contributed by atoms with E-state index in [1.165, 1.54) is 0 Å². The first-order valence-corrected chi connectivity index (χ1v) is 10.0. The molecule has 3 rings (SSSR count). The second kappa shape index (κ2) is 9.88. The number of urea groups is 1. The van der Waals surface area contributed by atoms with E-state index in [0.717, 1.165) is 16.8 Å². The smallest absolute Gasteiger partial charge is 0.355 e. The monoisotopic (exact) mass is 425 g/mol. The van der Waals surface area contributed by atoms with Crippen LogP contribution in [-0.2, 0) is 17.8 Å². The van der Waals surface area contributed by atoms with Crippen LogP contribution in [0.25, 0.3) is 0 Å². The van der Waals surface area contributed by atoms with Crippen LogP contribution in [0.3, 0.4) is 0 Å². The second-order valence-electron chi connectivity index (χ2n) is 7.05. The zero-order valence-corrected chi connectivity index (χ0v) is 18.2. The number of H-pyrrole nitrogens is 1. The summed E-state index contributed by atoms with van der Waals surface area (Å²) in [6.07, 6.45) is 1.57. The van der Waals surface area contributed by atoms with Crippen LogP contribution in [-0.4, -0.2) is 35.6 Å². The molecule has 31 heavy (non-hydrogen) atoms. The fraction of sp³-hybridized carbons (Fsp3) is 0.304. The van der Waals surface area contributed by atoms with Crippen molar-refractivity contribution in [1.82, 2.24) is 9.88 Å². The largest absolute Gasteiger partial charge is 0.497 e. The number of aryl methyl sites for hydroxylation is 1. The fourth-order valence-electron chi connectivity index (χ4n) is 3.32. The number of aromatic nitrogens is 1. The van der Waals surface area contributed by atoms with Crippen LogP contribution in [0, 0.1) is 13.8 Å². The Bertz CT molecular complexity index is 1040. The van der Waals surface area contributed by atoms with Crippen molar-refractivity contribution in [2.24, 2.45) is 0 Å².